The third kappa shape index (κ3) is 5.94. The smallest absolute Gasteiger partial charge is 0.201 e. The molecule has 0 N–H and O–H groups in total. The van der Waals surface area contributed by atoms with E-state index in [1.165, 1.54) is 0 Å². The van der Waals surface area contributed by atoms with Gasteiger partial charge in [-0.3, -0.25) is 4.98 Å². The predicted octanol–water partition coefficient (Wildman–Crippen LogP) is 3.81. The molecule has 0 aliphatic rings. The summed E-state index contributed by atoms with van der Waals surface area (Å²) in [5, 5.41) is 23.9. The number of nitrogens with zero attached hydrogens (tertiary/aromatic N) is 7. The van der Waals surface area contributed by atoms with E-state index in [2.05, 4.69) is 41.6 Å². The number of pyridine rings is 1. The normalized spacial score (nSPS) is 9.84. The third-order valence-electron chi connectivity index (χ3n) is 4.10. The molecule has 1 radical (unpaired) electrons. The van der Waals surface area contributed by atoms with E-state index in [0.29, 0.717) is 11.6 Å². The molecule has 155 valence electrons. The molecular weight excluding hydrogens is 567 g/mol. The van der Waals surface area contributed by atoms with Crippen molar-refractivity contribution in [2.45, 2.75) is 6.92 Å². The molecule has 3 aromatic heterocycles. The van der Waals surface area contributed by atoms with E-state index >= 15 is 0 Å². The molecule has 5 aromatic rings. The van der Waals surface area contributed by atoms with Gasteiger partial charge in [-0.15, -0.1) is 46.1 Å². The molecule has 0 atom stereocenters. The Balaban J connectivity index is 0.000000183. The molecule has 0 aliphatic heterocycles. The van der Waals surface area contributed by atoms with Crippen molar-refractivity contribution < 1.29 is 20.1 Å². The average molecular weight is 584 g/mol. The Morgan fingerprint density at radius 2 is 1.52 bits per heavy atom. The Labute approximate surface area is 193 Å². The minimum absolute atomic E-state index is 0. The molecule has 0 bridgehead atoms. The van der Waals surface area contributed by atoms with Crippen LogP contribution in [0.3, 0.4) is 0 Å². The van der Waals surface area contributed by atoms with Gasteiger partial charge in [0.2, 0.25) is 5.82 Å². The van der Waals surface area contributed by atoms with Crippen molar-refractivity contribution in [1.29, 1.82) is 0 Å². The van der Waals surface area contributed by atoms with E-state index in [0.717, 1.165) is 28.1 Å². The molecule has 31 heavy (non-hydrogen) atoms. The van der Waals surface area contributed by atoms with Gasteiger partial charge in [-0.2, -0.15) is 10.2 Å². The number of hydrogen-bond acceptors (Lipinski definition) is 6. The van der Waals surface area contributed by atoms with Gasteiger partial charge in [0.1, 0.15) is 5.82 Å². The quantitative estimate of drug-likeness (QED) is 0.299. The van der Waals surface area contributed by atoms with Gasteiger partial charge in [0, 0.05) is 43.8 Å². The van der Waals surface area contributed by atoms with E-state index in [9.17, 15) is 0 Å². The summed E-state index contributed by atoms with van der Waals surface area (Å²) in [7, 11) is 0. The van der Waals surface area contributed by atoms with Crippen LogP contribution in [0.1, 0.15) is 5.56 Å². The summed E-state index contributed by atoms with van der Waals surface area (Å²) in [5.74, 6) is 1.01. The number of aryl methyl sites for hydroxylation is 1. The molecule has 3 heterocycles. The van der Waals surface area contributed by atoms with Crippen LogP contribution < -0.4 is 5.10 Å². The maximum atomic E-state index is 4.22. The summed E-state index contributed by atoms with van der Waals surface area (Å²) >= 11 is 0. The SMILES string of the molecule is Cc1ccc(-c2ccn[n-]2)nc1.[Ir].[c-]1ccccc1-c1nnc(-c2ccccc2)nn1. The first-order valence-corrected chi connectivity index (χ1v) is 9.27. The first kappa shape index (κ1) is 22.1. The Hall–Kier alpha value is -3.61. The van der Waals surface area contributed by atoms with Crippen molar-refractivity contribution in [3.05, 3.63) is 96.8 Å². The number of benzene rings is 2. The minimum Gasteiger partial charge on any atom is -0.574 e. The summed E-state index contributed by atoms with van der Waals surface area (Å²) in [6.07, 6.45) is 3.49. The second-order valence-electron chi connectivity index (χ2n) is 6.33. The molecule has 0 saturated carbocycles. The molecule has 2 aromatic carbocycles. The third-order valence-corrected chi connectivity index (χ3v) is 4.10. The van der Waals surface area contributed by atoms with Crippen molar-refractivity contribution in [2.24, 2.45) is 0 Å². The topological polar surface area (TPSA) is 91.4 Å². The number of hydrogen-bond donors (Lipinski definition) is 0. The monoisotopic (exact) mass is 584 g/mol. The van der Waals surface area contributed by atoms with Crippen molar-refractivity contribution in [2.75, 3.05) is 0 Å². The zero-order valence-electron chi connectivity index (χ0n) is 16.5. The Morgan fingerprint density at radius 1 is 0.774 bits per heavy atom. The number of rotatable bonds is 3. The Kier molecular flexibility index (Phi) is 7.81. The Morgan fingerprint density at radius 3 is 2.13 bits per heavy atom. The van der Waals surface area contributed by atoms with Gasteiger partial charge in [-0.1, -0.05) is 48.2 Å². The fraction of sp³-hybridized carbons (Fsp3) is 0.0435. The van der Waals surface area contributed by atoms with Crippen LogP contribution >= 0.6 is 0 Å². The van der Waals surface area contributed by atoms with Crippen molar-refractivity contribution >= 4 is 0 Å². The summed E-state index contributed by atoms with van der Waals surface area (Å²) in [6, 6.07) is 26.0. The molecule has 5 rings (SSSR count). The molecule has 0 fully saturated rings. The number of aromatic nitrogens is 7. The zero-order valence-corrected chi connectivity index (χ0v) is 18.9. The fourth-order valence-corrected chi connectivity index (χ4v) is 2.56. The predicted molar refractivity (Wildman–Crippen MR) is 113 cm³/mol. The maximum absolute atomic E-state index is 4.22. The minimum atomic E-state index is 0. The van der Waals surface area contributed by atoms with Gasteiger partial charge in [-0.25, -0.2) is 0 Å². The summed E-state index contributed by atoms with van der Waals surface area (Å²) < 4.78 is 0. The molecule has 8 heteroatoms. The van der Waals surface area contributed by atoms with E-state index in [1.54, 1.807) is 6.20 Å². The maximum Gasteiger partial charge on any atom is 0.201 e. The van der Waals surface area contributed by atoms with Crippen LogP contribution in [0.15, 0.2) is 85.2 Å². The molecule has 0 aliphatic carbocycles. The van der Waals surface area contributed by atoms with Crippen LogP contribution in [0.25, 0.3) is 34.2 Å². The van der Waals surface area contributed by atoms with Crippen LogP contribution in [0.2, 0.25) is 0 Å². The van der Waals surface area contributed by atoms with Gasteiger partial charge >= 0.3 is 0 Å². The second-order valence-corrected chi connectivity index (χ2v) is 6.33. The van der Waals surface area contributed by atoms with Gasteiger partial charge in [0.25, 0.3) is 0 Å². The van der Waals surface area contributed by atoms with Gasteiger partial charge in [0.15, 0.2) is 0 Å². The van der Waals surface area contributed by atoms with Crippen molar-refractivity contribution in [3.8, 4) is 34.2 Å². The van der Waals surface area contributed by atoms with E-state index in [4.69, 9.17) is 0 Å². The first-order chi connectivity index (χ1) is 14.8. The summed E-state index contributed by atoms with van der Waals surface area (Å²) in [6.45, 7) is 2.01. The van der Waals surface area contributed by atoms with Crippen LogP contribution in [-0.2, 0) is 20.1 Å². The molecule has 0 amide bonds. The van der Waals surface area contributed by atoms with Crippen LogP contribution in [-0.4, -0.2) is 30.5 Å². The van der Waals surface area contributed by atoms with E-state index in [-0.39, 0.29) is 20.1 Å². The average Bonchev–Trinajstić information content (AvgIpc) is 3.36. The van der Waals surface area contributed by atoms with Gasteiger partial charge < -0.3 is 10.2 Å². The van der Waals surface area contributed by atoms with Crippen LogP contribution in [0.5, 0.6) is 0 Å². The Bertz CT molecular complexity index is 1100. The van der Waals surface area contributed by atoms with E-state index in [1.807, 2.05) is 85.9 Å². The molecule has 0 unspecified atom stereocenters. The summed E-state index contributed by atoms with van der Waals surface area (Å²) in [4.78, 5) is 4.22. The molecule has 0 saturated heterocycles. The van der Waals surface area contributed by atoms with E-state index < -0.39 is 0 Å². The molecule has 7 nitrogen and oxygen atoms in total. The largest absolute Gasteiger partial charge is 0.574 e. The zero-order chi connectivity index (χ0) is 20.6. The van der Waals surface area contributed by atoms with Crippen molar-refractivity contribution in [1.82, 2.24) is 35.6 Å². The molecular formula is C23H17IrN7-2. The standard InChI is InChI=1S/C14H9N4.C9H8N3.Ir/c1-3-7-11(8-4-1)13-15-17-14(18-16-13)12-9-5-2-6-10-12;1-7-2-3-8(10-6-7)9-4-5-11-12-9;/h1-9H;2-6H,1H3;/q2*-1;. The molecule has 0 spiro atoms. The van der Waals surface area contributed by atoms with Crippen LogP contribution in [0, 0.1) is 13.0 Å². The van der Waals surface area contributed by atoms with Gasteiger partial charge in [0.05, 0.1) is 0 Å². The second kappa shape index (κ2) is 11.0. The first-order valence-electron chi connectivity index (χ1n) is 9.27. The summed E-state index contributed by atoms with van der Waals surface area (Å²) in [5.41, 5.74) is 4.55. The fourth-order valence-electron chi connectivity index (χ4n) is 2.56. The van der Waals surface area contributed by atoms with Crippen LogP contribution in [0.4, 0.5) is 0 Å². The van der Waals surface area contributed by atoms with Gasteiger partial charge in [-0.05, 0) is 18.6 Å². The van der Waals surface area contributed by atoms with Crippen molar-refractivity contribution in [3.63, 3.8) is 0 Å².